The summed E-state index contributed by atoms with van der Waals surface area (Å²) in [5.74, 6) is 2.05. The van der Waals surface area contributed by atoms with Gasteiger partial charge in [-0.25, -0.2) is 4.98 Å². The molecular formula is C19H22N2O. The van der Waals surface area contributed by atoms with Crippen molar-refractivity contribution in [2.45, 2.75) is 33.7 Å². The molecule has 0 bridgehead atoms. The SMILES string of the molecule is Cc1ccc(OCCCn2c(C)nc3ccccc32)c(C)c1. The summed E-state index contributed by atoms with van der Waals surface area (Å²) in [6.45, 7) is 7.90. The fourth-order valence-corrected chi connectivity index (χ4v) is 2.84. The van der Waals surface area contributed by atoms with Crippen molar-refractivity contribution in [3.63, 3.8) is 0 Å². The highest BCUT2D eigenvalue weighted by atomic mass is 16.5. The molecule has 0 saturated heterocycles. The van der Waals surface area contributed by atoms with E-state index in [0.717, 1.165) is 36.7 Å². The molecule has 3 heteroatoms. The van der Waals surface area contributed by atoms with Crippen LogP contribution in [-0.4, -0.2) is 16.2 Å². The Bertz CT molecular complexity index is 789. The molecule has 0 radical (unpaired) electrons. The van der Waals surface area contributed by atoms with Crippen LogP contribution in [0.2, 0.25) is 0 Å². The van der Waals surface area contributed by atoms with Crippen molar-refractivity contribution in [1.82, 2.24) is 9.55 Å². The minimum absolute atomic E-state index is 0.718. The van der Waals surface area contributed by atoms with Gasteiger partial charge >= 0.3 is 0 Å². The number of nitrogens with zero attached hydrogens (tertiary/aromatic N) is 2. The molecule has 0 fully saturated rings. The molecule has 3 nitrogen and oxygen atoms in total. The zero-order chi connectivity index (χ0) is 15.5. The summed E-state index contributed by atoms with van der Waals surface area (Å²) in [6, 6.07) is 14.6. The molecule has 0 unspecified atom stereocenters. The van der Waals surface area contributed by atoms with Gasteiger partial charge in [-0.3, -0.25) is 0 Å². The van der Waals surface area contributed by atoms with Crippen LogP contribution >= 0.6 is 0 Å². The summed E-state index contributed by atoms with van der Waals surface area (Å²) in [6.07, 6.45) is 0.967. The quantitative estimate of drug-likeness (QED) is 0.651. The maximum absolute atomic E-state index is 5.91. The highest BCUT2D eigenvalue weighted by molar-refractivity contribution is 5.75. The van der Waals surface area contributed by atoms with Gasteiger partial charge in [0, 0.05) is 6.54 Å². The number of benzene rings is 2. The maximum atomic E-state index is 5.91. The third-order valence-electron chi connectivity index (χ3n) is 3.96. The lowest BCUT2D eigenvalue weighted by molar-refractivity contribution is 0.300. The zero-order valence-electron chi connectivity index (χ0n) is 13.5. The maximum Gasteiger partial charge on any atom is 0.122 e. The van der Waals surface area contributed by atoms with Crippen LogP contribution in [0.3, 0.4) is 0 Å². The second-order valence-corrected chi connectivity index (χ2v) is 5.77. The van der Waals surface area contributed by atoms with E-state index in [9.17, 15) is 0 Å². The molecule has 3 rings (SSSR count). The van der Waals surface area contributed by atoms with Gasteiger partial charge in [0.15, 0.2) is 0 Å². The van der Waals surface area contributed by atoms with Crippen molar-refractivity contribution in [2.75, 3.05) is 6.61 Å². The lowest BCUT2D eigenvalue weighted by Gasteiger charge is -2.11. The number of hydrogen-bond acceptors (Lipinski definition) is 2. The topological polar surface area (TPSA) is 27.1 Å². The monoisotopic (exact) mass is 294 g/mol. The van der Waals surface area contributed by atoms with Gasteiger partial charge in [-0.05, 0) is 51.0 Å². The third kappa shape index (κ3) is 2.98. The first-order valence-electron chi connectivity index (χ1n) is 7.77. The summed E-state index contributed by atoms with van der Waals surface area (Å²) in [4.78, 5) is 4.60. The van der Waals surface area contributed by atoms with Crippen molar-refractivity contribution < 1.29 is 4.74 Å². The number of para-hydroxylation sites is 2. The number of fused-ring (bicyclic) bond motifs is 1. The van der Waals surface area contributed by atoms with Gasteiger partial charge in [0.1, 0.15) is 11.6 Å². The standard InChI is InChI=1S/C19H22N2O/c1-14-9-10-19(15(2)13-14)22-12-6-11-21-16(3)20-17-7-4-5-8-18(17)21/h4-5,7-10,13H,6,11-12H2,1-3H3. The first-order valence-corrected chi connectivity index (χ1v) is 7.77. The predicted molar refractivity (Wildman–Crippen MR) is 90.5 cm³/mol. The number of aromatic nitrogens is 2. The van der Waals surface area contributed by atoms with E-state index >= 15 is 0 Å². The van der Waals surface area contributed by atoms with E-state index in [-0.39, 0.29) is 0 Å². The lowest BCUT2D eigenvalue weighted by Crippen LogP contribution is -2.06. The number of imidazole rings is 1. The first-order chi connectivity index (χ1) is 10.6. The number of rotatable bonds is 5. The van der Waals surface area contributed by atoms with Crippen molar-refractivity contribution in [1.29, 1.82) is 0 Å². The zero-order valence-corrected chi connectivity index (χ0v) is 13.5. The Kier molecular flexibility index (Phi) is 4.14. The minimum Gasteiger partial charge on any atom is -0.493 e. The van der Waals surface area contributed by atoms with Gasteiger partial charge in [-0.2, -0.15) is 0 Å². The molecule has 0 aliphatic rings. The Morgan fingerprint density at radius 1 is 1.05 bits per heavy atom. The van der Waals surface area contributed by atoms with Crippen LogP contribution in [0.4, 0.5) is 0 Å². The molecule has 0 aliphatic carbocycles. The minimum atomic E-state index is 0.718. The van der Waals surface area contributed by atoms with Crippen molar-refractivity contribution in [2.24, 2.45) is 0 Å². The van der Waals surface area contributed by atoms with E-state index in [1.807, 2.05) is 6.07 Å². The molecule has 0 aliphatic heterocycles. The number of aryl methyl sites for hydroxylation is 4. The van der Waals surface area contributed by atoms with Crippen LogP contribution < -0.4 is 4.74 Å². The van der Waals surface area contributed by atoms with E-state index < -0.39 is 0 Å². The highest BCUT2D eigenvalue weighted by Gasteiger charge is 2.06. The fourth-order valence-electron chi connectivity index (χ4n) is 2.84. The Morgan fingerprint density at radius 2 is 1.86 bits per heavy atom. The molecule has 1 aromatic heterocycles. The van der Waals surface area contributed by atoms with Crippen molar-refractivity contribution >= 4 is 11.0 Å². The predicted octanol–water partition coefficient (Wildman–Crippen LogP) is 4.43. The van der Waals surface area contributed by atoms with Gasteiger partial charge in [0.05, 0.1) is 17.6 Å². The molecule has 0 atom stereocenters. The summed E-state index contributed by atoms with van der Waals surface area (Å²) in [5.41, 5.74) is 4.73. The molecule has 0 amide bonds. The molecule has 0 saturated carbocycles. The Hall–Kier alpha value is -2.29. The molecule has 3 aromatic rings. The molecular weight excluding hydrogens is 272 g/mol. The smallest absolute Gasteiger partial charge is 0.122 e. The molecule has 0 N–H and O–H groups in total. The van der Waals surface area contributed by atoms with E-state index in [1.165, 1.54) is 16.6 Å². The van der Waals surface area contributed by atoms with Crippen LogP contribution in [-0.2, 0) is 6.54 Å². The van der Waals surface area contributed by atoms with Crippen LogP contribution in [0.15, 0.2) is 42.5 Å². The summed E-state index contributed by atoms with van der Waals surface area (Å²) in [7, 11) is 0. The van der Waals surface area contributed by atoms with E-state index in [2.05, 4.69) is 66.7 Å². The highest BCUT2D eigenvalue weighted by Crippen LogP contribution is 2.19. The summed E-state index contributed by atoms with van der Waals surface area (Å²) in [5, 5.41) is 0. The average Bonchev–Trinajstić information content (AvgIpc) is 2.81. The molecule has 0 spiro atoms. The molecule has 2 aromatic carbocycles. The normalized spacial score (nSPS) is 11.0. The second-order valence-electron chi connectivity index (χ2n) is 5.77. The van der Waals surface area contributed by atoms with Gasteiger partial charge in [0.25, 0.3) is 0 Å². The summed E-state index contributed by atoms with van der Waals surface area (Å²) < 4.78 is 8.17. The van der Waals surface area contributed by atoms with E-state index in [1.54, 1.807) is 0 Å². The van der Waals surface area contributed by atoms with Crippen molar-refractivity contribution in [3.05, 3.63) is 59.4 Å². The lowest BCUT2D eigenvalue weighted by atomic mass is 10.1. The molecule has 22 heavy (non-hydrogen) atoms. The van der Waals surface area contributed by atoms with Crippen LogP contribution in [0.5, 0.6) is 5.75 Å². The number of ether oxygens (including phenoxy) is 1. The molecule has 1 heterocycles. The summed E-state index contributed by atoms with van der Waals surface area (Å²) >= 11 is 0. The fraction of sp³-hybridized carbons (Fsp3) is 0.316. The average molecular weight is 294 g/mol. The second kappa shape index (κ2) is 6.22. The number of hydrogen-bond donors (Lipinski definition) is 0. The Morgan fingerprint density at radius 3 is 2.68 bits per heavy atom. The van der Waals surface area contributed by atoms with Crippen molar-refractivity contribution in [3.8, 4) is 5.75 Å². The van der Waals surface area contributed by atoms with Crippen LogP contribution in [0, 0.1) is 20.8 Å². The Balaban J connectivity index is 1.62. The van der Waals surface area contributed by atoms with Gasteiger partial charge in [-0.15, -0.1) is 0 Å². The van der Waals surface area contributed by atoms with Gasteiger partial charge in [0.2, 0.25) is 0 Å². The van der Waals surface area contributed by atoms with Crippen LogP contribution in [0.25, 0.3) is 11.0 Å². The van der Waals surface area contributed by atoms with Crippen LogP contribution in [0.1, 0.15) is 23.4 Å². The largest absolute Gasteiger partial charge is 0.493 e. The third-order valence-corrected chi connectivity index (χ3v) is 3.96. The molecule has 114 valence electrons. The van der Waals surface area contributed by atoms with E-state index in [4.69, 9.17) is 4.74 Å². The van der Waals surface area contributed by atoms with Gasteiger partial charge in [-0.1, -0.05) is 29.8 Å². The Labute approximate surface area is 131 Å². The van der Waals surface area contributed by atoms with E-state index in [0.29, 0.717) is 0 Å². The van der Waals surface area contributed by atoms with Gasteiger partial charge < -0.3 is 9.30 Å². The first kappa shape index (κ1) is 14.6.